The molecule has 0 spiro atoms. The SMILES string of the molecule is CNC(=O)Nc1c(Nc2ccc(I)cn2)s[nH]c1=O. The Morgan fingerprint density at radius 1 is 1.47 bits per heavy atom. The van der Waals surface area contributed by atoms with Crippen molar-refractivity contribution in [1.82, 2.24) is 14.7 Å². The number of anilines is 3. The van der Waals surface area contributed by atoms with E-state index in [0.717, 1.165) is 15.1 Å². The van der Waals surface area contributed by atoms with Gasteiger partial charge in [0.05, 0.1) is 0 Å². The van der Waals surface area contributed by atoms with Crippen molar-refractivity contribution in [3.05, 3.63) is 32.3 Å². The van der Waals surface area contributed by atoms with Gasteiger partial charge in [0, 0.05) is 16.8 Å². The Morgan fingerprint density at radius 3 is 2.89 bits per heavy atom. The van der Waals surface area contributed by atoms with Crippen LogP contribution in [0.5, 0.6) is 0 Å². The number of aromatic nitrogens is 2. The van der Waals surface area contributed by atoms with E-state index in [1.807, 2.05) is 6.07 Å². The molecule has 100 valence electrons. The number of rotatable bonds is 3. The molecule has 0 atom stereocenters. The van der Waals surface area contributed by atoms with Gasteiger partial charge in [-0.1, -0.05) is 0 Å². The maximum absolute atomic E-state index is 11.6. The van der Waals surface area contributed by atoms with Gasteiger partial charge in [-0.2, -0.15) is 0 Å². The lowest BCUT2D eigenvalue weighted by molar-refractivity contribution is 0.254. The molecular weight excluding hydrogens is 381 g/mol. The fraction of sp³-hybridized carbons (Fsp3) is 0.100. The van der Waals surface area contributed by atoms with Crippen molar-refractivity contribution in [3.8, 4) is 0 Å². The molecule has 0 fully saturated rings. The molecule has 2 heterocycles. The molecule has 7 nitrogen and oxygen atoms in total. The maximum Gasteiger partial charge on any atom is 0.319 e. The van der Waals surface area contributed by atoms with E-state index < -0.39 is 6.03 Å². The van der Waals surface area contributed by atoms with Crippen LogP contribution in [0, 0.1) is 3.57 Å². The molecule has 2 aromatic rings. The number of carbonyl (C=O) groups is 1. The third-order valence-corrected chi connectivity index (χ3v) is 3.57. The molecule has 19 heavy (non-hydrogen) atoms. The van der Waals surface area contributed by atoms with Gasteiger partial charge in [0.15, 0.2) is 0 Å². The summed E-state index contributed by atoms with van der Waals surface area (Å²) in [6.07, 6.45) is 1.70. The Labute approximate surface area is 126 Å². The molecule has 2 rings (SSSR count). The van der Waals surface area contributed by atoms with Crippen LogP contribution in [0.2, 0.25) is 0 Å². The number of amides is 2. The minimum Gasteiger partial charge on any atom is -0.341 e. The van der Waals surface area contributed by atoms with Crippen LogP contribution in [0.15, 0.2) is 23.1 Å². The van der Waals surface area contributed by atoms with Gasteiger partial charge in [-0.15, -0.1) is 0 Å². The molecule has 4 N–H and O–H groups in total. The van der Waals surface area contributed by atoms with E-state index in [0.29, 0.717) is 10.8 Å². The van der Waals surface area contributed by atoms with Gasteiger partial charge in [-0.3, -0.25) is 9.17 Å². The van der Waals surface area contributed by atoms with Gasteiger partial charge in [0.1, 0.15) is 16.5 Å². The fourth-order valence-electron chi connectivity index (χ4n) is 1.25. The number of halogens is 1. The highest BCUT2D eigenvalue weighted by molar-refractivity contribution is 14.1. The summed E-state index contributed by atoms with van der Waals surface area (Å²) in [4.78, 5) is 27.0. The number of nitrogens with one attached hydrogen (secondary N) is 4. The largest absolute Gasteiger partial charge is 0.341 e. The zero-order valence-corrected chi connectivity index (χ0v) is 12.8. The quantitative estimate of drug-likeness (QED) is 0.601. The van der Waals surface area contributed by atoms with Crippen molar-refractivity contribution in [2.75, 3.05) is 17.7 Å². The molecule has 0 aliphatic heterocycles. The van der Waals surface area contributed by atoms with Gasteiger partial charge in [-0.05, 0) is 46.3 Å². The molecule has 0 radical (unpaired) electrons. The van der Waals surface area contributed by atoms with Crippen molar-refractivity contribution >= 4 is 56.7 Å². The molecule has 0 saturated carbocycles. The number of hydrogen-bond acceptors (Lipinski definition) is 5. The van der Waals surface area contributed by atoms with Crippen LogP contribution < -0.4 is 21.5 Å². The minimum atomic E-state index is -0.456. The molecule has 0 saturated heterocycles. The third-order valence-electron chi connectivity index (χ3n) is 2.13. The zero-order chi connectivity index (χ0) is 13.8. The van der Waals surface area contributed by atoms with Crippen LogP contribution in [0.4, 0.5) is 21.3 Å². The topological polar surface area (TPSA) is 98.9 Å². The Hall–Kier alpha value is -1.62. The fourth-order valence-corrected chi connectivity index (χ4v) is 2.26. The van der Waals surface area contributed by atoms with E-state index in [4.69, 9.17) is 0 Å². The number of urea groups is 1. The van der Waals surface area contributed by atoms with Crippen LogP contribution in [-0.2, 0) is 0 Å². The second-order valence-corrected chi connectivity index (χ2v) is 5.49. The first-order valence-electron chi connectivity index (χ1n) is 5.19. The molecule has 9 heteroatoms. The van der Waals surface area contributed by atoms with Crippen LogP contribution >= 0.6 is 34.1 Å². The van der Waals surface area contributed by atoms with E-state index in [-0.39, 0.29) is 11.2 Å². The summed E-state index contributed by atoms with van der Waals surface area (Å²) in [6, 6.07) is 3.22. The Bertz CT molecular complexity index is 636. The van der Waals surface area contributed by atoms with E-state index in [1.54, 1.807) is 12.3 Å². The van der Waals surface area contributed by atoms with Gasteiger partial charge >= 0.3 is 6.03 Å². The molecule has 0 aliphatic carbocycles. The molecule has 0 bridgehead atoms. The summed E-state index contributed by atoms with van der Waals surface area (Å²) in [5.74, 6) is 0.593. The van der Waals surface area contributed by atoms with E-state index in [1.165, 1.54) is 7.05 Å². The van der Waals surface area contributed by atoms with E-state index in [2.05, 4.69) is 47.9 Å². The van der Waals surface area contributed by atoms with E-state index >= 15 is 0 Å². The Kier molecular flexibility index (Phi) is 4.37. The smallest absolute Gasteiger partial charge is 0.319 e. The molecule has 0 aromatic carbocycles. The molecule has 2 amide bonds. The molecule has 2 aromatic heterocycles. The van der Waals surface area contributed by atoms with E-state index in [9.17, 15) is 9.59 Å². The highest BCUT2D eigenvalue weighted by Crippen LogP contribution is 2.25. The summed E-state index contributed by atoms with van der Waals surface area (Å²) in [5, 5.41) is 8.33. The molecule has 0 unspecified atom stereocenters. The second kappa shape index (κ2) is 6.02. The predicted molar refractivity (Wildman–Crippen MR) is 83.3 cm³/mol. The van der Waals surface area contributed by atoms with Crippen molar-refractivity contribution in [1.29, 1.82) is 0 Å². The average Bonchev–Trinajstić information content (AvgIpc) is 2.74. The molecular formula is C10H10IN5O2S. The normalized spacial score (nSPS) is 10.0. The highest BCUT2D eigenvalue weighted by atomic mass is 127. The predicted octanol–water partition coefficient (Wildman–Crippen LogP) is 1.93. The highest BCUT2D eigenvalue weighted by Gasteiger charge is 2.13. The third kappa shape index (κ3) is 3.44. The Morgan fingerprint density at radius 2 is 2.26 bits per heavy atom. The van der Waals surface area contributed by atoms with Crippen molar-refractivity contribution in [2.24, 2.45) is 0 Å². The Balaban J connectivity index is 2.23. The summed E-state index contributed by atoms with van der Waals surface area (Å²) in [6.45, 7) is 0. The van der Waals surface area contributed by atoms with Crippen LogP contribution in [0.1, 0.15) is 0 Å². The number of hydrogen-bond donors (Lipinski definition) is 4. The summed E-state index contributed by atoms with van der Waals surface area (Å²) in [5.41, 5.74) is -0.189. The van der Waals surface area contributed by atoms with Crippen molar-refractivity contribution in [2.45, 2.75) is 0 Å². The lowest BCUT2D eigenvalue weighted by atomic mass is 10.4. The summed E-state index contributed by atoms with van der Waals surface area (Å²) in [7, 11) is 1.48. The van der Waals surface area contributed by atoms with Crippen molar-refractivity contribution < 1.29 is 4.79 Å². The van der Waals surface area contributed by atoms with Crippen LogP contribution in [0.3, 0.4) is 0 Å². The van der Waals surface area contributed by atoms with Gasteiger partial charge in [0.25, 0.3) is 5.56 Å². The average molecular weight is 391 g/mol. The zero-order valence-electron chi connectivity index (χ0n) is 9.78. The second-order valence-electron chi connectivity index (χ2n) is 3.43. The number of aromatic amines is 1. The lowest BCUT2D eigenvalue weighted by Gasteiger charge is -2.06. The van der Waals surface area contributed by atoms with Crippen LogP contribution in [-0.4, -0.2) is 22.4 Å². The van der Waals surface area contributed by atoms with Gasteiger partial charge < -0.3 is 16.0 Å². The molecule has 0 aliphatic rings. The van der Waals surface area contributed by atoms with Crippen LogP contribution in [0.25, 0.3) is 0 Å². The first-order valence-corrected chi connectivity index (χ1v) is 7.08. The maximum atomic E-state index is 11.6. The standard InChI is InChI=1S/C10H10IN5O2S/c1-12-10(18)15-7-8(17)16-19-9(7)14-6-3-2-5(11)4-13-6/h2-4H,1H3,(H,13,14)(H,16,17)(H2,12,15,18). The number of H-pyrrole nitrogens is 1. The number of nitrogens with zero attached hydrogens (tertiary/aromatic N) is 1. The lowest BCUT2D eigenvalue weighted by Crippen LogP contribution is -2.27. The van der Waals surface area contributed by atoms with Gasteiger partial charge in [0.2, 0.25) is 0 Å². The monoisotopic (exact) mass is 391 g/mol. The number of pyridine rings is 1. The first kappa shape index (κ1) is 13.8. The summed E-state index contributed by atoms with van der Waals surface area (Å²) >= 11 is 3.24. The number of carbonyl (C=O) groups excluding carboxylic acids is 1. The summed E-state index contributed by atoms with van der Waals surface area (Å²) < 4.78 is 3.56. The first-order chi connectivity index (χ1) is 9.10. The van der Waals surface area contributed by atoms with Gasteiger partial charge in [-0.25, -0.2) is 9.78 Å². The van der Waals surface area contributed by atoms with Crippen molar-refractivity contribution in [3.63, 3.8) is 0 Å². The minimum absolute atomic E-state index is 0.171.